The normalized spacial score (nSPS) is 14.3. The van der Waals surface area contributed by atoms with Gasteiger partial charge in [-0.15, -0.1) is 11.8 Å². The van der Waals surface area contributed by atoms with Crippen LogP contribution in [-0.4, -0.2) is 18.8 Å². The first kappa shape index (κ1) is 12.0. The number of ether oxygens (including phenoxy) is 1. The van der Waals surface area contributed by atoms with E-state index in [1.807, 2.05) is 0 Å². The SMILES string of the molecule is CCOC(=O)C(F)(SC)c1ccccc1. The van der Waals surface area contributed by atoms with E-state index in [9.17, 15) is 9.18 Å². The van der Waals surface area contributed by atoms with E-state index in [1.54, 1.807) is 43.5 Å². The van der Waals surface area contributed by atoms with E-state index in [0.29, 0.717) is 5.56 Å². The Balaban J connectivity index is 3.00. The summed E-state index contributed by atoms with van der Waals surface area (Å²) in [5, 5.41) is -2.10. The van der Waals surface area contributed by atoms with Crippen LogP contribution < -0.4 is 0 Å². The van der Waals surface area contributed by atoms with E-state index in [2.05, 4.69) is 0 Å². The second-order valence-electron chi connectivity index (χ2n) is 2.89. The van der Waals surface area contributed by atoms with Crippen molar-refractivity contribution in [3.05, 3.63) is 35.9 Å². The number of alkyl halides is 1. The maximum absolute atomic E-state index is 14.3. The summed E-state index contributed by atoms with van der Waals surface area (Å²) in [4.78, 5) is 11.5. The number of hydrogen-bond acceptors (Lipinski definition) is 3. The highest BCUT2D eigenvalue weighted by Gasteiger charge is 2.41. The average Bonchev–Trinajstić information content (AvgIpc) is 2.29. The Labute approximate surface area is 92.8 Å². The Morgan fingerprint density at radius 1 is 1.47 bits per heavy atom. The molecule has 0 aliphatic heterocycles. The number of carbonyl (C=O) groups excluding carboxylic acids is 1. The fraction of sp³-hybridized carbons (Fsp3) is 0.364. The Morgan fingerprint density at radius 3 is 2.53 bits per heavy atom. The lowest BCUT2D eigenvalue weighted by molar-refractivity contribution is -0.151. The largest absolute Gasteiger partial charge is 0.463 e. The molecule has 0 radical (unpaired) electrons. The molecular formula is C11H13FO2S. The van der Waals surface area contributed by atoms with Crippen molar-refractivity contribution >= 4 is 17.7 Å². The van der Waals surface area contributed by atoms with Crippen molar-refractivity contribution in [2.24, 2.45) is 0 Å². The zero-order chi connectivity index (χ0) is 11.3. The van der Waals surface area contributed by atoms with Crippen molar-refractivity contribution in [3.8, 4) is 0 Å². The molecule has 1 aromatic rings. The van der Waals surface area contributed by atoms with Gasteiger partial charge in [0.2, 0.25) is 0 Å². The lowest BCUT2D eigenvalue weighted by Gasteiger charge is -2.20. The third kappa shape index (κ3) is 2.50. The molecule has 4 heteroatoms. The maximum atomic E-state index is 14.3. The highest BCUT2D eigenvalue weighted by atomic mass is 32.2. The number of halogens is 1. The van der Waals surface area contributed by atoms with Gasteiger partial charge in [0.1, 0.15) is 0 Å². The summed E-state index contributed by atoms with van der Waals surface area (Å²) >= 11 is 0.832. The number of rotatable bonds is 4. The monoisotopic (exact) mass is 228 g/mol. The molecule has 15 heavy (non-hydrogen) atoms. The number of esters is 1. The van der Waals surface area contributed by atoms with Crippen molar-refractivity contribution in [2.75, 3.05) is 12.9 Å². The van der Waals surface area contributed by atoms with Crippen molar-refractivity contribution in [1.29, 1.82) is 0 Å². The first-order chi connectivity index (χ1) is 7.15. The second-order valence-corrected chi connectivity index (χ2v) is 3.86. The van der Waals surface area contributed by atoms with Crippen molar-refractivity contribution in [1.82, 2.24) is 0 Å². The Bertz CT molecular complexity index is 329. The standard InChI is InChI=1S/C11H13FO2S/c1-3-14-10(13)11(12,15-2)9-7-5-4-6-8-9/h4-8H,3H2,1-2H3. The third-order valence-corrected chi connectivity index (χ3v) is 2.93. The maximum Gasteiger partial charge on any atom is 0.359 e. The van der Waals surface area contributed by atoms with Crippen LogP contribution in [0.3, 0.4) is 0 Å². The van der Waals surface area contributed by atoms with Crippen LogP contribution in [0.1, 0.15) is 12.5 Å². The lowest BCUT2D eigenvalue weighted by atomic mass is 10.1. The predicted octanol–water partition coefficient (Wildman–Crippen LogP) is 2.74. The van der Waals surface area contributed by atoms with E-state index in [0.717, 1.165) is 11.8 Å². The predicted molar refractivity (Wildman–Crippen MR) is 59.4 cm³/mol. The Hall–Kier alpha value is -1.03. The molecule has 0 N–H and O–H groups in total. The molecule has 82 valence electrons. The molecule has 0 aromatic heterocycles. The molecule has 0 bridgehead atoms. The summed E-state index contributed by atoms with van der Waals surface area (Å²) in [6.45, 7) is 1.83. The van der Waals surface area contributed by atoms with E-state index in [4.69, 9.17) is 4.74 Å². The molecule has 2 nitrogen and oxygen atoms in total. The van der Waals surface area contributed by atoms with Crippen LogP contribution in [-0.2, 0) is 14.5 Å². The first-order valence-electron chi connectivity index (χ1n) is 4.62. The molecule has 1 unspecified atom stereocenters. The quantitative estimate of drug-likeness (QED) is 0.741. The average molecular weight is 228 g/mol. The Kier molecular flexibility index (Phi) is 4.15. The highest BCUT2D eigenvalue weighted by Crippen LogP contribution is 2.37. The third-order valence-electron chi connectivity index (χ3n) is 1.96. The zero-order valence-electron chi connectivity index (χ0n) is 8.70. The summed E-state index contributed by atoms with van der Waals surface area (Å²) in [6.07, 6.45) is 1.55. The molecule has 0 heterocycles. The fourth-order valence-corrected chi connectivity index (χ4v) is 1.79. The van der Waals surface area contributed by atoms with E-state index in [-0.39, 0.29) is 6.61 Å². The van der Waals surface area contributed by atoms with Gasteiger partial charge in [0.25, 0.3) is 5.00 Å². The first-order valence-corrected chi connectivity index (χ1v) is 5.84. The second kappa shape index (κ2) is 5.16. The van der Waals surface area contributed by atoms with Crippen LogP contribution >= 0.6 is 11.8 Å². The molecule has 1 rings (SSSR count). The van der Waals surface area contributed by atoms with Crippen molar-refractivity contribution < 1.29 is 13.9 Å². The van der Waals surface area contributed by atoms with Crippen LogP contribution in [0.5, 0.6) is 0 Å². The molecule has 1 aromatic carbocycles. The molecule has 0 aliphatic carbocycles. The molecule has 0 aliphatic rings. The summed E-state index contributed by atoms with van der Waals surface area (Å²) < 4.78 is 19.0. The topological polar surface area (TPSA) is 26.3 Å². The molecular weight excluding hydrogens is 215 g/mol. The van der Waals surface area contributed by atoms with E-state index in [1.165, 1.54) is 0 Å². The van der Waals surface area contributed by atoms with Gasteiger partial charge in [-0.3, -0.25) is 0 Å². The van der Waals surface area contributed by atoms with Crippen molar-refractivity contribution in [2.45, 2.75) is 11.9 Å². The summed E-state index contributed by atoms with van der Waals surface area (Å²) in [7, 11) is 0. The molecule has 0 fully saturated rings. The molecule has 1 atom stereocenters. The van der Waals surface area contributed by atoms with Gasteiger partial charge in [-0.05, 0) is 13.2 Å². The van der Waals surface area contributed by atoms with E-state index < -0.39 is 11.0 Å². The van der Waals surface area contributed by atoms with Crippen LogP contribution in [0.2, 0.25) is 0 Å². The number of carbonyl (C=O) groups is 1. The van der Waals surface area contributed by atoms with Gasteiger partial charge in [0.05, 0.1) is 6.61 Å². The minimum atomic E-state index is -2.10. The smallest absolute Gasteiger partial charge is 0.359 e. The van der Waals surface area contributed by atoms with Crippen LogP contribution in [0.15, 0.2) is 30.3 Å². The van der Waals surface area contributed by atoms with Crippen LogP contribution in [0, 0.1) is 0 Å². The molecule has 0 saturated carbocycles. The van der Waals surface area contributed by atoms with Gasteiger partial charge < -0.3 is 4.74 Å². The molecule has 0 spiro atoms. The van der Waals surface area contributed by atoms with Crippen molar-refractivity contribution in [3.63, 3.8) is 0 Å². The highest BCUT2D eigenvalue weighted by molar-refractivity contribution is 8.00. The lowest BCUT2D eigenvalue weighted by Crippen LogP contribution is -2.29. The summed E-state index contributed by atoms with van der Waals surface area (Å²) in [6, 6.07) is 8.31. The minimum Gasteiger partial charge on any atom is -0.463 e. The van der Waals surface area contributed by atoms with Gasteiger partial charge >= 0.3 is 5.97 Å². The van der Waals surface area contributed by atoms with Gasteiger partial charge in [0, 0.05) is 5.56 Å². The minimum absolute atomic E-state index is 0.178. The van der Waals surface area contributed by atoms with E-state index >= 15 is 0 Å². The number of hydrogen-bond donors (Lipinski definition) is 0. The Morgan fingerprint density at radius 2 is 2.07 bits per heavy atom. The molecule has 0 saturated heterocycles. The van der Waals surface area contributed by atoms with Crippen LogP contribution in [0.4, 0.5) is 4.39 Å². The van der Waals surface area contributed by atoms with Crippen LogP contribution in [0.25, 0.3) is 0 Å². The van der Waals surface area contributed by atoms with Gasteiger partial charge in [-0.1, -0.05) is 30.3 Å². The van der Waals surface area contributed by atoms with Gasteiger partial charge in [-0.25, -0.2) is 9.18 Å². The number of benzene rings is 1. The molecule has 0 amide bonds. The summed E-state index contributed by atoms with van der Waals surface area (Å²) in [5.74, 6) is -0.844. The fourth-order valence-electron chi connectivity index (χ4n) is 1.20. The summed E-state index contributed by atoms with van der Waals surface area (Å²) in [5.41, 5.74) is 0.316. The number of thioether (sulfide) groups is 1. The van der Waals surface area contributed by atoms with Gasteiger partial charge in [0.15, 0.2) is 0 Å². The van der Waals surface area contributed by atoms with Gasteiger partial charge in [-0.2, -0.15) is 0 Å². The zero-order valence-corrected chi connectivity index (χ0v) is 9.51.